The molecule has 4 rings (SSSR count). The molecule has 12 heteroatoms. The van der Waals surface area contributed by atoms with Gasteiger partial charge in [0.15, 0.2) is 6.04 Å². The molecule has 0 saturated carbocycles. The number of ether oxygens (including phenoxy) is 1. The van der Waals surface area contributed by atoms with Gasteiger partial charge in [-0.25, -0.2) is 9.78 Å². The molecular weight excluding hydrogens is 658 g/mol. The molecule has 0 aliphatic rings. The number of amides is 3. The molecule has 1 unspecified atom stereocenters. The van der Waals surface area contributed by atoms with Gasteiger partial charge in [0.05, 0.1) is 15.8 Å². The van der Waals surface area contributed by atoms with Crippen LogP contribution in [-0.2, 0) is 16.1 Å². The fourth-order valence-corrected chi connectivity index (χ4v) is 6.19. The first-order valence-electron chi connectivity index (χ1n) is 14.5. The largest absolute Gasteiger partial charge is 0.444 e. The third kappa shape index (κ3) is 8.58. The lowest BCUT2D eigenvalue weighted by Crippen LogP contribution is -2.47. The summed E-state index contributed by atoms with van der Waals surface area (Å²) in [5, 5.41) is 2.72. The van der Waals surface area contributed by atoms with Crippen LogP contribution in [0.1, 0.15) is 60.5 Å². The van der Waals surface area contributed by atoms with Crippen LogP contribution >= 0.6 is 27.3 Å². The number of fused-ring (bicyclic) bond motifs is 1. The molecule has 0 aliphatic heterocycles. The van der Waals surface area contributed by atoms with Crippen LogP contribution in [0.15, 0.2) is 69.2 Å². The minimum absolute atomic E-state index is 0.0827. The number of aromatic nitrogens is 2. The third-order valence-electron chi connectivity index (χ3n) is 6.85. The molecule has 2 heterocycles. The van der Waals surface area contributed by atoms with Crippen molar-refractivity contribution in [2.75, 3.05) is 27.2 Å². The predicted octanol–water partition coefficient (Wildman–Crippen LogP) is 5.76. The Morgan fingerprint density at radius 1 is 1.07 bits per heavy atom. The van der Waals surface area contributed by atoms with Crippen LogP contribution in [0.25, 0.3) is 10.2 Å². The number of carbonyl (C=O) groups is 3. The topological polar surface area (TPSA) is 114 Å². The van der Waals surface area contributed by atoms with E-state index in [0.717, 1.165) is 14.9 Å². The van der Waals surface area contributed by atoms with Crippen molar-refractivity contribution in [1.29, 1.82) is 0 Å². The zero-order valence-electron chi connectivity index (χ0n) is 26.3. The smallest absolute Gasteiger partial charge is 0.407 e. The quantitative estimate of drug-likeness (QED) is 0.211. The molecule has 0 bridgehead atoms. The zero-order chi connectivity index (χ0) is 32.9. The number of benzene rings is 2. The summed E-state index contributed by atoms with van der Waals surface area (Å²) < 4.78 is 8.00. The van der Waals surface area contributed by atoms with E-state index in [1.807, 2.05) is 49.4 Å². The van der Waals surface area contributed by atoms with E-state index >= 15 is 0 Å². The summed E-state index contributed by atoms with van der Waals surface area (Å²) in [7, 11) is 3.21. The van der Waals surface area contributed by atoms with Gasteiger partial charge < -0.3 is 19.9 Å². The summed E-state index contributed by atoms with van der Waals surface area (Å²) in [6, 6.07) is 17.0. The van der Waals surface area contributed by atoms with Gasteiger partial charge in [-0.15, -0.1) is 11.3 Å². The maximum atomic E-state index is 14.3. The fourth-order valence-electron chi connectivity index (χ4n) is 4.72. The second-order valence-corrected chi connectivity index (χ2v) is 14.3. The molecule has 1 atom stereocenters. The molecule has 2 aromatic heterocycles. The number of hydrogen-bond acceptors (Lipinski definition) is 7. The standard InChI is InChI=1S/C33H38BrN5O5S/c1-21-13-15-23(16-14-21)29(40)38(18-10-17-35-32(43)44-33(2,3)4)26(30(41)37(5)6)28-36-24-19-25(34)45-27(24)31(42)39(28)20-22-11-8-7-9-12-22/h7-9,11-16,19,26H,10,17-18,20H2,1-6H3,(H,35,43). The lowest BCUT2D eigenvalue weighted by atomic mass is 10.1. The van der Waals surface area contributed by atoms with Crippen LogP contribution in [0.5, 0.6) is 0 Å². The number of hydrogen-bond donors (Lipinski definition) is 1. The first-order chi connectivity index (χ1) is 21.2. The second kappa shape index (κ2) is 14.4. The number of carbonyl (C=O) groups excluding carboxylic acids is 3. The molecule has 0 radical (unpaired) electrons. The maximum Gasteiger partial charge on any atom is 0.407 e. The van der Waals surface area contributed by atoms with E-state index in [2.05, 4.69) is 21.2 Å². The molecule has 1 N–H and O–H groups in total. The molecule has 238 valence electrons. The molecule has 0 spiro atoms. The molecule has 0 fully saturated rings. The highest BCUT2D eigenvalue weighted by Gasteiger charge is 2.37. The lowest BCUT2D eigenvalue weighted by Gasteiger charge is -2.33. The van der Waals surface area contributed by atoms with Crippen molar-refractivity contribution in [1.82, 2.24) is 24.7 Å². The summed E-state index contributed by atoms with van der Waals surface area (Å²) in [6.07, 6.45) is -0.268. The van der Waals surface area contributed by atoms with E-state index in [-0.39, 0.29) is 31.0 Å². The number of likely N-dealkylation sites (N-methyl/N-ethyl adjacent to an activating group) is 1. The minimum atomic E-state index is -1.24. The van der Waals surface area contributed by atoms with Crippen LogP contribution in [0.3, 0.4) is 0 Å². The van der Waals surface area contributed by atoms with Gasteiger partial charge in [0.1, 0.15) is 16.1 Å². The van der Waals surface area contributed by atoms with Crippen LogP contribution in [-0.4, -0.2) is 70.0 Å². The van der Waals surface area contributed by atoms with Crippen molar-refractivity contribution in [2.24, 2.45) is 0 Å². The van der Waals surface area contributed by atoms with Crippen LogP contribution in [0.4, 0.5) is 4.79 Å². The van der Waals surface area contributed by atoms with Gasteiger partial charge >= 0.3 is 6.09 Å². The maximum absolute atomic E-state index is 14.3. The van der Waals surface area contributed by atoms with Gasteiger partial charge in [-0.05, 0) is 73.8 Å². The number of thiophene rings is 1. The summed E-state index contributed by atoms with van der Waals surface area (Å²) in [6.45, 7) is 7.67. The van der Waals surface area contributed by atoms with Gasteiger partial charge in [-0.2, -0.15) is 0 Å². The molecule has 0 aliphatic carbocycles. The Bertz CT molecular complexity index is 1730. The van der Waals surface area contributed by atoms with Crippen LogP contribution in [0.2, 0.25) is 0 Å². The van der Waals surface area contributed by atoms with E-state index in [4.69, 9.17) is 9.72 Å². The Labute approximate surface area is 275 Å². The van der Waals surface area contributed by atoms with E-state index in [9.17, 15) is 19.2 Å². The van der Waals surface area contributed by atoms with Crippen molar-refractivity contribution in [2.45, 2.75) is 52.3 Å². The fraction of sp³-hybridized carbons (Fsp3) is 0.364. The van der Waals surface area contributed by atoms with Crippen molar-refractivity contribution in [3.63, 3.8) is 0 Å². The number of halogens is 1. The van der Waals surface area contributed by atoms with Gasteiger partial charge in [-0.1, -0.05) is 48.0 Å². The Morgan fingerprint density at radius 3 is 2.36 bits per heavy atom. The van der Waals surface area contributed by atoms with Gasteiger partial charge in [0.2, 0.25) is 0 Å². The lowest BCUT2D eigenvalue weighted by molar-refractivity contribution is -0.134. The highest BCUT2D eigenvalue weighted by atomic mass is 79.9. The molecular formula is C33H38BrN5O5S. The van der Waals surface area contributed by atoms with Crippen molar-refractivity contribution in [3.05, 3.63) is 97.3 Å². The van der Waals surface area contributed by atoms with Gasteiger partial charge in [0, 0.05) is 32.7 Å². The normalized spacial score (nSPS) is 12.1. The molecule has 45 heavy (non-hydrogen) atoms. The Balaban J connectivity index is 1.84. The Hall–Kier alpha value is -4.03. The molecule has 2 aromatic carbocycles. The first-order valence-corrected chi connectivity index (χ1v) is 16.2. The van der Waals surface area contributed by atoms with Crippen LogP contribution in [0, 0.1) is 6.92 Å². The number of aryl methyl sites for hydroxylation is 1. The summed E-state index contributed by atoms with van der Waals surface area (Å²) in [5.74, 6) is -0.668. The summed E-state index contributed by atoms with van der Waals surface area (Å²) in [5.41, 5.74) is 1.67. The minimum Gasteiger partial charge on any atom is -0.444 e. The van der Waals surface area contributed by atoms with E-state index in [0.29, 0.717) is 22.2 Å². The van der Waals surface area contributed by atoms with E-state index < -0.39 is 29.6 Å². The third-order valence-corrected chi connectivity index (χ3v) is 8.47. The monoisotopic (exact) mass is 695 g/mol. The summed E-state index contributed by atoms with van der Waals surface area (Å²) in [4.78, 5) is 62.4. The van der Waals surface area contributed by atoms with Crippen molar-refractivity contribution >= 4 is 55.4 Å². The van der Waals surface area contributed by atoms with Gasteiger partial charge in [0.25, 0.3) is 17.4 Å². The SMILES string of the molecule is Cc1ccc(C(=O)N(CCCNC(=O)OC(C)(C)C)C(C(=O)N(C)C)c2nc3cc(Br)sc3c(=O)n2Cc2ccccc2)cc1. The molecule has 3 amide bonds. The van der Waals surface area contributed by atoms with E-state index in [1.165, 1.54) is 25.7 Å². The Kier molecular flexibility index (Phi) is 10.8. The van der Waals surface area contributed by atoms with Crippen molar-refractivity contribution in [3.8, 4) is 0 Å². The van der Waals surface area contributed by atoms with Crippen molar-refractivity contribution < 1.29 is 19.1 Å². The molecule has 0 saturated heterocycles. The predicted molar refractivity (Wildman–Crippen MR) is 180 cm³/mol. The highest BCUT2D eigenvalue weighted by Crippen LogP contribution is 2.30. The number of nitrogens with zero attached hydrogens (tertiary/aromatic N) is 4. The number of rotatable bonds is 10. The number of alkyl carbamates (subject to hydrolysis) is 1. The van der Waals surface area contributed by atoms with Crippen LogP contribution < -0.4 is 10.9 Å². The highest BCUT2D eigenvalue weighted by molar-refractivity contribution is 9.11. The second-order valence-electron chi connectivity index (χ2n) is 11.9. The zero-order valence-corrected chi connectivity index (χ0v) is 28.7. The average molecular weight is 697 g/mol. The first kappa shape index (κ1) is 33.9. The average Bonchev–Trinajstić information content (AvgIpc) is 3.36. The Morgan fingerprint density at radius 2 is 1.73 bits per heavy atom. The number of nitrogens with one attached hydrogen (secondary N) is 1. The molecule has 4 aromatic rings. The van der Waals surface area contributed by atoms with Gasteiger partial charge in [-0.3, -0.25) is 19.0 Å². The molecule has 10 nitrogen and oxygen atoms in total. The summed E-state index contributed by atoms with van der Waals surface area (Å²) >= 11 is 4.74. The van der Waals surface area contributed by atoms with E-state index in [1.54, 1.807) is 53.1 Å².